The Balaban J connectivity index is 2.47. The molecule has 0 saturated heterocycles. The maximum Gasteiger partial charge on any atom is 0.340 e. The van der Waals surface area contributed by atoms with E-state index in [9.17, 15) is 4.79 Å². The van der Waals surface area contributed by atoms with Crippen molar-refractivity contribution in [3.8, 4) is 11.4 Å². The molecular weight excluding hydrogens is 192 g/mol. The molecule has 2 rings (SSSR count). The van der Waals surface area contributed by atoms with Crippen molar-refractivity contribution in [3.05, 3.63) is 40.3 Å². The third kappa shape index (κ3) is 1.97. The lowest BCUT2D eigenvalue weighted by Gasteiger charge is -2.04. The predicted molar refractivity (Wildman–Crippen MR) is 57.4 cm³/mol. The molecule has 0 fully saturated rings. The van der Waals surface area contributed by atoms with Crippen LogP contribution < -0.4 is 11.4 Å². The fraction of sp³-hybridized carbons (Fsp3) is 0.200. The minimum atomic E-state index is -0.299. The maximum atomic E-state index is 10.9. The van der Waals surface area contributed by atoms with E-state index < -0.39 is 0 Å². The van der Waals surface area contributed by atoms with Crippen molar-refractivity contribution in [2.24, 2.45) is 5.73 Å². The Kier molecular flexibility index (Phi) is 2.64. The Hall–Kier alpha value is -1.88. The summed E-state index contributed by atoms with van der Waals surface area (Å²) in [4.78, 5) is 13.6. The van der Waals surface area contributed by atoms with Gasteiger partial charge in [0.2, 0.25) is 0 Å². The molecule has 1 aromatic heterocycles. The van der Waals surface area contributed by atoms with Crippen LogP contribution in [0.15, 0.2) is 29.1 Å². The quantitative estimate of drug-likeness (QED) is 0.670. The number of nitrogens with one attached hydrogen (secondary N) is 2. The largest absolute Gasteiger partial charge is 0.340 e. The molecule has 0 radical (unpaired) electrons. The summed E-state index contributed by atoms with van der Waals surface area (Å²) in [7, 11) is 0. The van der Waals surface area contributed by atoms with Gasteiger partial charge in [-0.15, -0.1) is 0 Å². The standard InChI is InChI=1S/C10H12N4O/c11-6-5-7-3-1-2-4-8(7)9-12-10(15)14-13-9/h1-4H,5-6,11H2,(H2,12,13,14,15). The molecular formula is C10H12N4O. The molecule has 2 aromatic rings. The van der Waals surface area contributed by atoms with Crippen LogP contribution in [0.1, 0.15) is 5.56 Å². The van der Waals surface area contributed by atoms with Gasteiger partial charge in [0.25, 0.3) is 0 Å². The molecule has 0 atom stereocenters. The van der Waals surface area contributed by atoms with Crippen LogP contribution in [0, 0.1) is 0 Å². The van der Waals surface area contributed by atoms with E-state index in [-0.39, 0.29) is 5.69 Å². The first-order chi connectivity index (χ1) is 7.31. The van der Waals surface area contributed by atoms with E-state index in [4.69, 9.17) is 5.73 Å². The van der Waals surface area contributed by atoms with Crippen molar-refractivity contribution in [1.82, 2.24) is 15.2 Å². The molecule has 0 aliphatic carbocycles. The first kappa shape index (κ1) is 9.67. The molecule has 15 heavy (non-hydrogen) atoms. The van der Waals surface area contributed by atoms with E-state index in [2.05, 4.69) is 15.2 Å². The highest BCUT2D eigenvalue weighted by Gasteiger charge is 2.06. The Morgan fingerprint density at radius 2 is 2.13 bits per heavy atom. The van der Waals surface area contributed by atoms with Gasteiger partial charge < -0.3 is 5.73 Å². The smallest absolute Gasteiger partial charge is 0.330 e. The summed E-state index contributed by atoms with van der Waals surface area (Å²) < 4.78 is 0. The lowest BCUT2D eigenvalue weighted by molar-refractivity contribution is 0.966. The van der Waals surface area contributed by atoms with E-state index in [1.54, 1.807) is 0 Å². The number of rotatable bonds is 3. The third-order valence-electron chi connectivity index (χ3n) is 2.19. The van der Waals surface area contributed by atoms with Crippen LogP contribution in [0.2, 0.25) is 0 Å². The molecule has 0 spiro atoms. The zero-order valence-corrected chi connectivity index (χ0v) is 8.16. The number of hydrogen-bond acceptors (Lipinski definition) is 3. The molecule has 4 N–H and O–H groups in total. The molecule has 0 bridgehead atoms. The minimum absolute atomic E-state index is 0.299. The maximum absolute atomic E-state index is 10.9. The highest BCUT2D eigenvalue weighted by Crippen LogP contribution is 2.18. The number of aromatic nitrogens is 3. The average molecular weight is 204 g/mol. The van der Waals surface area contributed by atoms with Crippen molar-refractivity contribution < 1.29 is 0 Å². The second kappa shape index (κ2) is 4.10. The molecule has 5 nitrogen and oxygen atoms in total. The van der Waals surface area contributed by atoms with Gasteiger partial charge in [-0.05, 0) is 18.5 Å². The lowest BCUT2D eigenvalue weighted by atomic mass is 10.0. The van der Waals surface area contributed by atoms with E-state index in [1.807, 2.05) is 24.3 Å². The average Bonchev–Trinajstić information content (AvgIpc) is 2.66. The first-order valence-corrected chi connectivity index (χ1v) is 4.74. The molecule has 0 aliphatic rings. The summed E-state index contributed by atoms with van der Waals surface area (Å²) in [5, 5.41) is 6.24. The third-order valence-corrected chi connectivity index (χ3v) is 2.19. The molecule has 5 heteroatoms. The van der Waals surface area contributed by atoms with Gasteiger partial charge in [0.15, 0.2) is 5.82 Å². The van der Waals surface area contributed by atoms with E-state index in [1.165, 1.54) is 0 Å². The van der Waals surface area contributed by atoms with Crippen LogP contribution in [0.3, 0.4) is 0 Å². The zero-order valence-electron chi connectivity index (χ0n) is 8.16. The second-order valence-electron chi connectivity index (χ2n) is 3.22. The van der Waals surface area contributed by atoms with Crippen LogP contribution in [0.4, 0.5) is 0 Å². The van der Waals surface area contributed by atoms with Gasteiger partial charge >= 0.3 is 5.69 Å². The number of nitrogens with two attached hydrogens (primary N) is 1. The molecule has 0 unspecified atom stereocenters. The Labute approximate surface area is 86.3 Å². The van der Waals surface area contributed by atoms with Crippen molar-refractivity contribution >= 4 is 0 Å². The van der Waals surface area contributed by atoms with Crippen LogP contribution >= 0.6 is 0 Å². The molecule has 0 saturated carbocycles. The number of benzene rings is 1. The fourth-order valence-corrected chi connectivity index (χ4v) is 1.52. The summed E-state index contributed by atoms with van der Waals surface area (Å²) in [6.07, 6.45) is 0.769. The van der Waals surface area contributed by atoms with E-state index >= 15 is 0 Å². The normalized spacial score (nSPS) is 10.5. The molecule has 78 valence electrons. The fourth-order valence-electron chi connectivity index (χ4n) is 1.52. The SMILES string of the molecule is NCCc1ccccc1-c1n[nH]c(=O)[nH]1. The molecule has 1 heterocycles. The van der Waals surface area contributed by atoms with Gasteiger partial charge in [-0.2, -0.15) is 5.10 Å². The topological polar surface area (TPSA) is 87.6 Å². The number of H-pyrrole nitrogens is 2. The zero-order chi connectivity index (χ0) is 10.7. The van der Waals surface area contributed by atoms with Crippen molar-refractivity contribution in [1.29, 1.82) is 0 Å². The number of aromatic amines is 2. The van der Waals surface area contributed by atoms with Gasteiger partial charge in [-0.3, -0.25) is 4.98 Å². The highest BCUT2D eigenvalue weighted by atomic mass is 16.1. The number of nitrogens with zero attached hydrogens (tertiary/aromatic N) is 1. The monoisotopic (exact) mass is 204 g/mol. The molecule has 1 aromatic carbocycles. The lowest BCUT2D eigenvalue weighted by Crippen LogP contribution is -2.04. The van der Waals surface area contributed by atoms with Gasteiger partial charge in [-0.1, -0.05) is 24.3 Å². The van der Waals surface area contributed by atoms with Crippen LogP contribution in [0.5, 0.6) is 0 Å². The van der Waals surface area contributed by atoms with E-state index in [0.29, 0.717) is 12.4 Å². The van der Waals surface area contributed by atoms with Crippen molar-refractivity contribution in [2.75, 3.05) is 6.54 Å². The Bertz CT molecular complexity index is 500. The Morgan fingerprint density at radius 3 is 2.80 bits per heavy atom. The second-order valence-corrected chi connectivity index (χ2v) is 3.22. The summed E-state index contributed by atoms with van der Waals surface area (Å²) in [5.74, 6) is 0.559. The van der Waals surface area contributed by atoms with Crippen LogP contribution in [0.25, 0.3) is 11.4 Å². The molecule has 0 aliphatic heterocycles. The highest BCUT2D eigenvalue weighted by molar-refractivity contribution is 5.59. The first-order valence-electron chi connectivity index (χ1n) is 4.74. The summed E-state index contributed by atoms with van der Waals surface area (Å²) >= 11 is 0. The summed E-state index contributed by atoms with van der Waals surface area (Å²) in [6, 6.07) is 7.74. The summed E-state index contributed by atoms with van der Waals surface area (Å²) in [6.45, 7) is 0.575. The van der Waals surface area contributed by atoms with Crippen molar-refractivity contribution in [2.45, 2.75) is 6.42 Å². The van der Waals surface area contributed by atoms with Gasteiger partial charge in [0.1, 0.15) is 0 Å². The van der Waals surface area contributed by atoms with Crippen LogP contribution in [-0.4, -0.2) is 21.7 Å². The van der Waals surface area contributed by atoms with E-state index in [0.717, 1.165) is 17.5 Å². The van der Waals surface area contributed by atoms with Gasteiger partial charge in [0, 0.05) is 5.56 Å². The van der Waals surface area contributed by atoms with Crippen molar-refractivity contribution in [3.63, 3.8) is 0 Å². The molecule has 0 amide bonds. The van der Waals surface area contributed by atoms with Crippen LogP contribution in [-0.2, 0) is 6.42 Å². The minimum Gasteiger partial charge on any atom is -0.330 e. The summed E-state index contributed by atoms with van der Waals surface area (Å²) in [5.41, 5.74) is 7.22. The number of hydrogen-bond donors (Lipinski definition) is 3. The predicted octanol–water partition coefficient (Wildman–Crippen LogP) is 0.266. The van der Waals surface area contributed by atoms with Gasteiger partial charge in [-0.25, -0.2) is 9.89 Å². The Morgan fingerprint density at radius 1 is 1.33 bits per heavy atom. The van der Waals surface area contributed by atoms with Gasteiger partial charge in [0.05, 0.1) is 0 Å².